The zero-order valence-corrected chi connectivity index (χ0v) is 18.4. The Balaban J connectivity index is 1.48. The molecule has 0 bridgehead atoms. The predicted molar refractivity (Wildman–Crippen MR) is 114 cm³/mol. The van der Waals surface area contributed by atoms with E-state index < -0.39 is 10.0 Å². The maximum Gasteiger partial charge on any atom is 0.311 e. The van der Waals surface area contributed by atoms with E-state index in [0.717, 1.165) is 31.2 Å². The average Bonchev–Trinajstić information content (AvgIpc) is 3.14. The van der Waals surface area contributed by atoms with Crippen LogP contribution in [-0.2, 0) is 43.6 Å². The summed E-state index contributed by atoms with van der Waals surface area (Å²) in [6.07, 6.45) is 4.10. The van der Waals surface area contributed by atoms with Crippen LogP contribution in [0.5, 0.6) is 0 Å². The van der Waals surface area contributed by atoms with Crippen LogP contribution in [0.3, 0.4) is 0 Å². The van der Waals surface area contributed by atoms with Crippen LogP contribution in [0.4, 0.5) is 5.13 Å². The van der Waals surface area contributed by atoms with Gasteiger partial charge in [0, 0.05) is 18.3 Å². The molecule has 2 N–H and O–H groups in total. The molecule has 30 heavy (non-hydrogen) atoms. The first-order valence-electron chi connectivity index (χ1n) is 9.88. The van der Waals surface area contributed by atoms with Gasteiger partial charge < -0.3 is 10.1 Å². The highest BCUT2D eigenvalue weighted by Crippen LogP contribution is 2.24. The Morgan fingerprint density at radius 3 is 2.73 bits per heavy atom. The molecule has 2 aromatic rings. The summed E-state index contributed by atoms with van der Waals surface area (Å²) in [5, 5.41) is 4.65. The summed E-state index contributed by atoms with van der Waals surface area (Å²) in [6.45, 7) is 2.00. The van der Waals surface area contributed by atoms with E-state index in [2.05, 4.69) is 15.0 Å². The first kappa shape index (κ1) is 22.4. The summed E-state index contributed by atoms with van der Waals surface area (Å²) in [5.41, 5.74) is 2.82. The lowest BCUT2D eigenvalue weighted by molar-refractivity contribution is -0.142. The molecule has 10 heteroatoms. The molecule has 0 saturated heterocycles. The van der Waals surface area contributed by atoms with Crippen LogP contribution in [0.2, 0.25) is 0 Å². The van der Waals surface area contributed by atoms with Gasteiger partial charge >= 0.3 is 5.97 Å². The molecule has 0 saturated carbocycles. The fourth-order valence-electron chi connectivity index (χ4n) is 3.25. The number of carbonyl (C=O) groups is 2. The summed E-state index contributed by atoms with van der Waals surface area (Å²) in [7, 11) is -3.67. The molecular formula is C20H25N3O5S2. The number of anilines is 1. The molecule has 0 spiro atoms. The number of thiazole rings is 1. The molecule has 0 radical (unpaired) electrons. The minimum Gasteiger partial charge on any atom is -0.466 e. The van der Waals surface area contributed by atoms with Crippen molar-refractivity contribution in [2.24, 2.45) is 0 Å². The maximum atomic E-state index is 12.5. The SMILES string of the molecule is CCOC(=O)Cc1csc(NC(=O)CCNS(=O)(=O)c2ccc3c(c2)CCCC3)n1. The third kappa shape index (κ3) is 6.10. The number of hydrogen-bond donors (Lipinski definition) is 2. The van der Waals surface area contributed by atoms with Crippen molar-refractivity contribution in [3.63, 3.8) is 0 Å². The van der Waals surface area contributed by atoms with E-state index in [4.69, 9.17) is 4.74 Å². The van der Waals surface area contributed by atoms with Crippen LogP contribution < -0.4 is 10.0 Å². The Kier molecular flexibility index (Phi) is 7.57. The summed E-state index contributed by atoms with van der Waals surface area (Å²) in [4.78, 5) is 27.9. The van der Waals surface area contributed by atoms with Crippen LogP contribution in [-0.4, -0.2) is 38.4 Å². The number of ether oxygens (including phenoxy) is 1. The molecular weight excluding hydrogens is 426 g/mol. The molecule has 0 unspecified atom stereocenters. The summed E-state index contributed by atoms with van der Waals surface area (Å²) >= 11 is 1.20. The number of sulfonamides is 1. The number of aryl methyl sites for hydroxylation is 2. The molecule has 1 aliphatic carbocycles. The van der Waals surface area contributed by atoms with E-state index in [-0.39, 0.29) is 36.2 Å². The Morgan fingerprint density at radius 2 is 1.97 bits per heavy atom. The molecule has 162 valence electrons. The van der Waals surface area contributed by atoms with Crippen molar-refractivity contribution < 1.29 is 22.7 Å². The Morgan fingerprint density at radius 1 is 1.20 bits per heavy atom. The van der Waals surface area contributed by atoms with Crippen molar-refractivity contribution in [1.82, 2.24) is 9.71 Å². The third-order valence-corrected chi connectivity index (χ3v) is 6.97. The minimum atomic E-state index is -3.67. The highest BCUT2D eigenvalue weighted by atomic mass is 32.2. The van der Waals surface area contributed by atoms with Gasteiger partial charge in [0.05, 0.1) is 23.6 Å². The lowest BCUT2D eigenvalue weighted by Gasteiger charge is -2.16. The smallest absolute Gasteiger partial charge is 0.311 e. The fraction of sp³-hybridized carbons (Fsp3) is 0.450. The largest absolute Gasteiger partial charge is 0.466 e. The van der Waals surface area contributed by atoms with E-state index in [1.165, 1.54) is 16.9 Å². The number of benzene rings is 1. The van der Waals surface area contributed by atoms with Gasteiger partial charge in [0.2, 0.25) is 15.9 Å². The van der Waals surface area contributed by atoms with Crippen molar-refractivity contribution >= 4 is 38.4 Å². The number of amides is 1. The molecule has 0 fully saturated rings. The van der Waals surface area contributed by atoms with Crippen molar-refractivity contribution in [3.8, 4) is 0 Å². The topological polar surface area (TPSA) is 114 Å². The molecule has 8 nitrogen and oxygen atoms in total. The van der Waals surface area contributed by atoms with Crippen molar-refractivity contribution in [2.45, 2.75) is 50.3 Å². The second-order valence-corrected chi connectivity index (χ2v) is 9.58. The van der Waals surface area contributed by atoms with Crippen molar-refractivity contribution in [3.05, 3.63) is 40.4 Å². The Labute approximate surface area is 180 Å². The number of nitrogens with zero attached hydrogens (tertiary/aromatic N) is 1. The molecule has 0 atom stereocenters. The zero-order valence-electron chi connectivity index (χ0n) is 16.8. The van der Waals surface area contributed by atoms with Gasteiger partial charge in [-0.1, -0.05) is 6.07 Å². The van der Waals surface area contributed by atoms with Gasteiger partial charge in [0.25, 0.3) is 0 Å². The Hall–Kier alpha value is -2.30. The molecule has 0 aliphatic heterocycles. The van der Waals surface area contributed by atoms with Gasteiger partial charge in [0.15, 0.2) is 5.13 Å². The molecule has 1 aromatic carbocycles. The number of rotatable bonds is 9. The quantitative estimate of drug-likeness (QED) is 0.566. The average molecular weight is 452 g/mol. The number of fused-ring (bicyclic) bond motifs is 1. The fourth-order valence-corrected chi connectivity index (χ4v) is 5.05. The first-order valence-corrected chi connectivity index (χ1v) is 12.2. The number of esters is 1. The maximum absolute atomic E-state index is 12.5. The minimum absolute atomic E-state index is 0.0215. The monoisotopic (exact) mass is 451 g/mol. The lowest BCUT2D eigenvalue weighted by Crippen LogP contribution is -2.28. The van der Waals surface area contributed by atoms with Gasteiger partial charge in [-0.05, 0) is 55.9 Å². The van der Waals surface area contributed by atoms with Gasteiger partial charge in [0.1, 0.15) is 0 Å². The Bertz CT molecular complexity index is 1020. The zero-order chi connectivity index (χ0) is 21.6. The lowest BCUT2D eigenvalue weighted by atomic mass is 9.92. The highest BCUT2D eigenvalue weighted by molar-refractivity contribution is 7.89. The second-order valence-electron chi connectivity index (χ2n) is 6.96. The van der Waals surface area contributed by atoms with Gasteiger partial charge in [-0.3, -0.25) is 9.59 Å². The van der Waals surface area contributed by atoms with E-state index in [1.54, 1.807) is 24.4 Å². The van der Waals surface area contributed by atoms with E-state index >= 15 is 0 Å². The number of aromatic nitrogens is 1. The van der Waals surface area contributed by atoms with Crippen molar-refractivity contribution in [1.29, 1.82) is 0 Å². The van der Waals surface area contributed by atoms with Crippen molar-refractivity contribution in [2.75, 3.05) is 18.5 Å². The predicted octanol–water partition coefficient (Wildman–Crippen LogP) is 2.43. The van der Waals surface area contributed by atoms with Crippen LogP contribution in [0.25, 0.3) is 0 Å². The van der Waals surface area contributed by atoms with Gasteiger partial charge in [-0.2, -0.15) is 0 Å². The van der Waals surface area contributed by atoms with E-state index in [0.29, 0.717) is 17.4 Å². The highest BCUT2D eigenvalue weighted by Gasteiger charge is 2.18. The molecule has 1 aliphatic rings. The molecule has 3 rings (SSSR count). The molecule has 1 heterocycles. The van der Waals surface area contributed by atoms with E-state index in [1.807, 2.05) is 6.07 Å². The number of nitrogens with one attached hydrogen (secondary N) is 2. The molecule has 1 aromatic heterocycles. The van der Waals surface area contributed by atoms with Crippen LogP contribution in [0.1, 0.15) is 43.0 Å². The van der Waals surface area contributed by atoms with Crippen LogP contribution in [0.15, 0.2) is 28.5 Å². The summed E-state index contributed by atoms with van der Waals surface area (Å²) in [6, 6.07) is 5.23. The van der Waals surface area contributed by atoms with Crippen LogP contribution in [0, 0.1) is 0 Å². The standard InChI is InChI=1S/C20H25N3O5S2/c1-2-28-19(25)12-16-13-29-20(22-16)23-18(24)9-10-21-30(26,27)17-8-7-14-5-3-4-6-15(14)11-17/h7-8,11,13,21H,2-6,9-10,12H2,1H3,(H,22,23,24). The molecule has 1 amide bonds. The first-order chi connectivity index (χ1) is 14.4. The van der Waals surface area contributed by atoms with Gasteiger partial charge in [-0.25, -0.2) is 18.1 Å². The number of hydrogen-bond acceptors (Lipinski definition) is 7. The number of carbonyl (C=O) groups excluding carboxylic acids is 2. The normalized spacial score (nSPS) is 13.5. The summed E-state index contributed by atoms with van der Waals surface area (Å²) < 4.78 is 32.4. The summed E-state index contributed by atoms with van der Waals surface area (Å²) in [5.74, 6) is -0.738. The van der Waals surface area contributed by atoms with Crippen LogP contribution >= 0.6 is 11.3 Å². The second kappa shape index (κ2) is 10.1. The van der Waals surface area contributed by atoms with Gasteiger partial charge in [-0.15, -0.1) is 11.3 Å². The van der Waals surface area contributed by atoms with E-state index in [9.17, 15) is 18.0 Å². The third-order valence-electron chi connectivity index (χ3n) is 4.70.